The minimum absolute atomic E-state index is 0.0275. The Labute approximate surface area is 138 Å². The fourth-order valence-electron chi connectivity index (χ4n) is 2.22. The van der Waals surface area contributed by atoms with Crippen molar-refractivity contribution in [3.05, 3.63) is 29.6 Å². The number of nitrogens with zero attached hydrogens (tertiary/aromatic N) is 1. The Balaban J connectivity index is 2.53. The number of carbonyl (C=O) groups excluding carboxylic acids is 2. The first-order valence-electron chi connectivity index (χ1n) is 8.17. The third-order valence-electron chi connectivity index (χ3n) is 3.28. The summed E-state index contributed by atoms with van der Waals surface area (Å²) in [5.41, 5.74) is 6.79. The molecule has 0 fully saturated rings. The average Bonchev–Trinajstić information content (AvgIpc) is 2.46. The van der Waals surface area contributed by atoms with E-state index in [1.54, 1.807) is 18.3 Å². The Morgan fingerprint density at radius 2 is 1.96 bits per heavy atom. The first-order valence-corrected chi connectivity index (χ1v) is 8.17. The number of unbranched alkanes of at least 4 members (excludes halogenated alkanes) is 1. The molecule has 0 aromatic carbocycles. The van der Waals surface area contributed by atoms with E-state index in [2.05, 4.69) is 15.6 Å². The van der Waals surface area contributed by atoms with E-state index in [1.807, 2.05) is 20.8 Å². The number of pyridine rings is 1. The second kappa shape index (κ2) is 9.94. The van der Waals surface area contributed by atoms with Gasteiger partial charge in [-0.25, -0.2) is 0 Å². The molecule has 2 amide bonds. The quantitative estimate of drug-likeness (QED) is 0.599. The van der Waals surface area contributed by atoms with Crippen LogP contribution in [-0.4, -0.2) is 35.4 Å². The summed E-state index contributed by atoms with van der Waals surface area (Å²) in [5, 5.41) is 5.80. The lowest BCUT2D eigenvalue weighted by atomic mass is 10.1. The summed E-state index contributed by atoms with van der Waals surface area (Å²) in [6.07, 6.45) is 4.37. The van der Waals surface area contributed by atoms with Gasteiger partial charge in [0.2, 0.25) is 5.91 Å². The third-order valence-corrected chi connectivity index (χ3v) is 3.28. The molecule has 0 spiro atoms. The molecule has 0 saturated carbocycles. The fourth-order valence-corrected chi connectivity index (χ4v) is 2.22. The first-order chi connectivity index (χ1) is 10.9. The molecule has 0 radical (unpaired) electrons. The summed E-state index contributed by atoms with van der Waals surface area (Å²) >= 11 is 0. The summed E-state index contributed by atoms with van der Waals surface area (Å²) in [6, 6.07) is 3.52. The van der Waals surface area contributed by atoms with Crippen molar-refractivity contribution in [1.82, 2.24) is 15.6 Å². The lowest BCUT2D eigenvalue weighted by Gasteiger charge is -2.14. The number of nitrogens with two attached hydrogens (primary N) is 1. The lowest BCUT2D eigenvalue weighted by molar-refractivity contribution is -0.121. The van der Waals surface area contributed by atoms with Crippen LogP contribution in [0.15, 0.2) is 18.3 Å². The Morgan fingerprint density at radius 3 is 2.61 bits per heavy atom. The van der Waals surface area contributed by atoms with Gasteiger partial charge in [0.15, 0.2) is 0 Å². The molecule has 1 aromatic rings. The van der Waals surface area contributed by atoms with E-state index in [-0.39, 0.29) is 23.9 Å². The van der Waals surface area contributed by atoms with E-state index in [0.717, 1.165) is 18.5 Å². The average molecular weight is 320 g/mol. The van der Waals surface area contributed by atoms with Crippen molar-refractivity contribution in [2.75, 3.05) is 6.54 Å². The Morgan fingerprint density at radius 1 is 1.22 bits per heavy atom. The van der Waals surface area contributed by atoms with Gasteiger partial charge in [0.25, 0.3) is 5.91 Å². The van der Waals surface area contributed by atoms with Crippen LogP contribution < -0.4 is 16.4 Å². The van der Waals surface area contributed by atoms with Crippen molar-refractivity contribution < 1.29 is 9.59 Å². The van der Waals surface area contributed by atoms with Crippen LogP contribution in [0.5, 0.6) is 0 Å². The van der Waals surface area contributed by atoms with Crippen molar-refractivity contribution >= 4 is 11.8 Å². The van der Waals surface area contributed by atoms with E-state index in [4.69, 9.17) is 5.73 Å². The molecule has 0 aliphatic rings. The number of hydrogen-bond acceptors (Lipinski definition) is 4. The summed E-state index contributed by atoms with van der Waals surface area (Å²) in [4.78, 5) is 28.1. The van der Waals surface area contributed by atoms with Gasteiger partial charge >= 0.3 is 0 Å². The molecule has 0 aliphatic heterocycles. The van der Waals surface area contributed by atoms with Crippen LogP contribution in [0, 0.1) is 0 Å². The van der Waals surface area contributed by atoms with E-state index < -0.39 is 0 Å². The normalized spacial score (nSPS) is 12.0. The van der Waals surface area contributed by atoms with Gasteiger partial charge < -0.3 is 16.4 Å². The molecule has 6 heteroatoms. The van der Waals surface area contributed by atoms with E-state index in [1.165, 1.54) is 0 Å². The van der Waals surface area contributed by atoms with Crippen LogP contribution in [-0.2, 0) is 11.2 Å². The predicted molar refractivity (Wildman–Crippen MR) is 91.1 cm³/mol. The van der Waals surface area contributed by atoms with Crippen LogP contribution >= 0.6 is 0 Å². The predicted octanol–water partition coefficient (Wildman–Crippen LogP) is 1.40. The molecule has 1 rings (SSSR count). The molecule has 1 heterocycles. The Hall–Kier alpha value is -1.95. The van der Waals surface area contributed by atoms with Crippen molar-refractivity contribution in [3.63, 3.8) is 0 Å². The van der Waals surface area contributed by atoms with Gasteiger partial charge in [-0.15, -0.1) is 0 Å². The van der Waals surface area contributed by atoms with Crippen molar-refractivity contribution in [2.24, 2.45) is 5.73 Å². The number of amides is 2. The molecular formula is C17H28N4O2. The summed E-state index contributed by atoms with van der Waals surface area (Å²) in [5.74, 6) is -0.0817. The van der Waals surface area contributed by atoms with Crippen LogP contribution in [0.25, 0.3) is 0 Å². The van der Waals surface area contributed by atoms with E-state index in [9.17, 15) is 9.59 Å². The Bertz CT molecular complexity index is 517. The first kappa shape index (κ1) is 19.1. The SMILES string of the molecule is CC(C)NC(=O)c1ccnc(CC(C)NC(=O)CCCCN)c1. The minimum Gasteiger partial charge on any atom is -0.353 e. The molecular weight excluding hydrogens is 292 g/mol. The van der Waals surface area contributed by atoms with Gasteiger partial charge in [-0.2, -0.15) is 0 Å². The minimum atomic E-state index is -0.109. The molecule has 1 unspecified atom stereocenters. The highest BCUT2D eigenvalue weighted by Crippen LogP contribution is 2.06. The van der Waals surface area contributed by atoms with E-state index >= 15 is 0 Å². The monoisotopic (exact) mass is 320 g/mol. The highest BCUT2D eigenvalue weighted by molar-refractivity contribution is 5.94. The summed E-state index contributed by atoms with van der Waals surface area (Å²) in [6.45, 7) is 6.38. The third kappa shape index (κ3) is 7.74. The largest absolute Gasteiger partial charge is 0.353 e. The number of hydrogen-bond donors (Lipinski definition) is 3. The molecule has 1 aromatic heterocycles. The fraction of sp³-hybridized carbons (Fsp3) is 0.588. The van der Waals surface area contributed by atoms with Gasteiger partial charge in [0.1, 0.15) is 0 Å². The van der Waals surface area contributed by atoms with Gasteiger partial charge in [-0.3, -0.25) is 14.6 Å². The second-order valence-corrected chi connectivity index (χ2v) is 6.08. The zero-order valence-electron chi connectivity index (χ0n) is 14.3. The maximum absolute atomic E-state index is 12.0. The zero-order chi connectivity index (χ0) is 17.2. The molecule has 0 aliphatic carbocycles. The molecule has 1 atom stereocenters. The maximum Gasteiger partial charge on any atom is 0.251 e. The van der Waals surface area contributed by atoms with Gasteiger partial charge in [-0.05, 0) is 52.3 Å². The van der Waals surface area contributed by atoms with Gasteiger partial charge in [0, 0.05) is 42.4 Å². The number of rotatable bonds is 9. The molecule has 128 valence electrons. The molecule has 23 heavy (non-hydrogen) atoms. The van der Waals surface area contributed by atoms with E-state index in [0.29, 0.717) is 24.9 Å². The number of carbonyl (C=O) groups is 2. The molecule has 4 N–H and O–H groups in total. The van der Waals surface area contributed by atoms with Gasteiger partial charge in [-0.1, -0.05) is 0 Å². The smallest absolute Gasteiger partial charge is 0.251 e. The van der Waals surface area contributed by atoms with Crippen LogP contribution in [0.1, 0.15) is 56.1 Å². The van der Waals surface area contributed by atoms with Gasteiger partial charge in [0.05, 0.1) is 0 Å². The molecule has 0 saturated heterocycles. The van der Waals surface area contributed by atoms with Crippen molar-refractivity contribution in [3.8, 4) is 0 Å². The Kier molecular flexibility index (Phi) is 8.26. The van der Waals surface area contributed by atoms with Crippen molar-refractivity contribution in [1.29, 1.82) is 0 Å². The molecule has 0 bridgehead atoms. The highest BCUT2D eigenvalue weighted by Gasteiger charge is 2.11. The number of aromatic nitrogens is 1. The summed E-state index contributed by atoms with van der Waals surface area (Å²) < 4.78 is 0. The maximum atomic E-state index is 12.0. The standard InChI is InChI=1S/C17H28N4O2/c1-12(2)20-17(23)14-7-9-19-15(11-14)10-13(3)21-16(22)6-4-5-8-18/h7,9,11-13H,4-6,8,10,18H2,1-3H3,(H,20,23)(H,21,22). The van der Waals surface area contributed by atoms with Crippen molar-refractivity contribution in [2.45, 2.75) is 58.5 Å². The van der Waals surface area contributed by atoms with Crippen LogP contribution in [0.2, 0.25) is 0 Å². The van der Waals surface area contributed by atoms with Crippen LogP contribution in [0.3, 0.4) is 0 Å². The van der Waals surface area contributed by atoms with Crippen LogP contribution in [0.4, 0.5) is 0 Å². The summed E-state index contributed by atoms with van der Waals surface area (Å²) in [7, 11) is 0. The lowest BCUT2D eigenvalue weighted by Crippen LogP contribution is -2.34. The zero-order valence-corrected chi connectivity index (χ0v) is 14.3. The molecule has 6 nitrogen and oxygen atoms in total. The topological polar surface area (TPSA) is 97.1 Å². The highest BCUT2D eigenvalue weighted by atomic mass is 16.2. The second-order valence-electron chi connectivity index (χ2n) is 6.08. The number of nitrogens with one attached hydrogen (secondary N) is 2.